The predicted molar refractivity (Wildman–Crippen MR) is 276 cm³/mol. The number of aromatic nitrogens is 2. The summed E-state index contributed by atoms with van der Waals surface area (Å²) in [6.45, 7) is 24.4. The molecule has 10 rings (SSSR count). The van der Waals surface area contributed by atoms with Gasteiger partial charge in [0.2, 0.25) is 0 Å². The first-order valence-electron chi connectivity index (χ1n) is 25.1. The average Bonchev–Trinajstić information content (AvgIpc) is 3.88. The Labute approximate surface area is 418 Å². The quantitative estimate of drug-likeness (QED) is 0.149. The molecule has 0 N–H and O–H groups in total. The number of fused-ring (bicyclic) bond motifs is 4. The van der Waals surface area contributed by atoms with Crippen molar-refractivity contribution >= 4 is 44.6 Å². The van der Waals surface area contributed by atoms with E-state index >= 15 is 0 Å². The maximum Gasteiger partial charge on any atom is 0.135 e. The first-order chi connectivity index (χ1) is 33.6. The van der Waals surface area contributed by atoms with Crippen LogP contribution in [0.25, 0.3) is 49.9 Å². The van der Waals surface area contributed by atoms with E-state index in [4.69, 9.17) is 16.6 Å². The molecule has 3 heterocycles. The molecular weight excluding hydrogens is 1000 g/mol. The molecule has 7 aromatic carbocycles. The van der Waals surface area contributed by atoms with Gasteiger partial charge in [-0.05, 0) is 104 Å². The van der Waals surface area contributed by atoms with Crippen LogP contribution in [0.2, 0.25) is 0 Å². The van der Waals surface area contributed by atoms with Gasteiger partial charge in [-0.15, -0.1) is 48.1 Å². The Bertz CT molecular complexity index is 3540. The first kappa shape index (κ1) is 39.7. The summed E-state index contributed by atoms with van der Waals surface area (Å²) in [6, 6.07) is 47.9. The SMILES string of the molecule is [2H]c1c([2H])c([2H])c(-c2cnc(-n3c4[c-]c(Oc5[c-]c(N6[CH-]N(c7cc(C(C)(C)C)cc(C(C)(C)C)c7)c7cc(-c8cccc(C(C)(C)C)c8)ccc76)ccc5)ccc4c4ccccc43)cc2C)c([2H])c1[2H].[Pt]. The van der Waals surface area contributed by atoms with Crippen LogP contribution < -0.4 is 14.5 Å². The van der Waals surface area contributed by atoms with Gasteiger partial charge in [0.05, 0.1) is 6.85 Å². The van der Waals surface area contributed by atoms with Crippen molar-refractivity contribution in [2.24, 2.45) is 0 Å². The van der Waals surface area contributed by atoms with Gasteiger partial charge in [0.1, 0.15) is 5.82 Å². The molecule has 0 bridgehead atoms. The molecule has 5 nitrogen and oxygen atoms in total. The van der Waals surface area contributed by atoms with E-state index < -0.39 is 6.04 Å². The minimum absolute atomic E-state index is 0. The van der Waals surface area contributed by atoms with Crippen molar-refractivity contribution in [3.63, 3.8) is 0 Å². The number of ether oxygens (including phenoxy) is 1. The van der Waals surface area contributed by atoms with E-state index in [9.17, 15) is 0 Å². The minimum atomic E-state index is -0.430. The van der Waals surface area contributed by atoms with Crippen LogP contribution in [-0.2, 0) is 37.3 Å². The van der Waals surface area contributed by atoms with Crippen LogP contribution in [0.4, 0.5) is 22.7 Å². The Morgan fingerprint density at radius 2 is 1.27 bits per heavy atom. The number of rotatable bonds is 7. The molecule has 0 saturated carbocycles. The number of hydrogen-bond donors (Lipinski definition) is 0. The minimum Gasteiger partial charge on any atom is -0.509 e. The third kappa shape index (κ3) is 8.83. The van der Waals surface area contributed by atoms with Crippen molar-refractivity contribution in [2.45, 2.75) is 85.5 Å². The second-order valence-corrected chi connectivity index (χ2v) is 20.5. The average molecular weight is 1060 g/mol. The Hall–Kier alpha value is -6.42. The van der Waals surface area contributed by atoms with Gasteiger partial charge in [-0.3, -0.25) is 0 Å². The van der Waals surface area contributed by atoms with Gasteiger partial charge in [-0.2, -0.15) is 12.1 Å². The monoisotopic (exact) mass is 1060 g/mol. The Kier molecular flexibility index (Phi) is 10.3. The summed E-state index contributed by atoms with van der Waals surface area (Å²) in [7, 11) is 0. The molecule has 0 amide bonds. The maximum atomic E-state index is 8.61. The summed E-state index contributed by atoms with van der Waals surface area (Å²) in [5.74, 6) is 1.60. The van der Waals surface area contributed by atoms with Crippen LogP contribution in [0.3, 0.4) is 0 Å². The molecule has 6 heteroatoms. The van der Waals surface area contributed by atoms with Gasteiger partial charge in [0.15, 0.2) is 0 Å². The van der Waals surface area contributed by atoms with Crippen LogP contribution in [0, 0.1) is 25.7 Å². The van der Waals surface area contributed by atoms with Crippen molar-refractivity contribution < 1.29 is 32.7 Å². The second kappa shape index (κ2) is 17.3. The fourth-order valence-electron chi connectivity index (χ4n) is 8.76. The van der Waals surface area contributed by atoms with Crippen LogP contribution in [0.1, 0.15) is 91.4 Å². The van der Waals surface area contributed by atoms with Gasteiger partial charge in [0.25, 0.3) is 0 Å². The fraction of sp³-hybridized carbons (Fsp3) is 0.213. The maximum absolute atomic E-state index is 8.61. The molecule has 0 saturated heterocycles. The van der Waals surface area contributed by atoms with E-state index in [1.165, 1.54) is 22.3 Å². The molecule has 0 atom stereocenters. The van der Waals surface area contributed by atoms with Gasteiger partial charge >= 0.3 is 0 Å². The van der Waals surface area contributed by atoms with Crippen molar-refractivity contribution in [1.29, 1.82) is 0 Å². The molecule has 0 aliphatic carbocycles. The summed E-state index contributed by atoms with van der Waals surface area (Å²) in [5, 5.41) is 1.96. The number of benzene rings is 7. The molecule has 2 aromatic heterocycles. The van der Waals surface area contributed by atoms with Crippen molar-refractivity contribution in [3.05, 3.63) is 199 Å². The van der Waals surface area contributed by atoms with Crippen LogP contribution in [0.5, 0.6) is 11.5 Å². The Morgan fingerprint density at radius 1 is 0.582 bits per heavy atom. The number of hydrogen-bond acceptors (Lipinski definition) is 4. The molecule has 9 aromatic rings. The molecule has 0 spiro atoms. The molecule has 0 unspecified atom stereocenters. The topological polar surface area (TPSA) is 33.5 Å². The van der Waals surface area contributed by atoms with E-state index in [1.807, 2.05) is 60.0 Å². The summed E-state index contributed by atoms with van der Waals surface area (Å²) in [6.07, 6.45) is 1.59. The van der Waals surface area contributed by atoms with Crippen molar-refractivity contribution in [3.8, 4) is 39.6 Å². The third-order valence-corrected chi connectivity index (χ3v) is 12.6. The van der Waals surface area contributed by atoms with E-state index in [1.54, 1.807) is 6.20 Å². The van der Waals surface area contributed by atoms with Crippen LogP contribution in [-0.4, -0.2) is 9.55 Å². The zero-order valence-corrected chi connectivity index (χ0v) is 42.0. The third-order valence-electron chi connectivity index (χ3n) is 12.6. The van der Waals surface area contributed by atoms with E-state index in [0.717, 1.165) is 50.1 Å². The zero-order valence-electron chi connectivity index (χ0n) is 44.7. The number of para-hydroxylation sites is 1. The van der Waals surface area contributed by atoms with E-state index in [-0.39, 0.29) is 67.0 Å². The summed E-state index contributed by atoms with van der Waals surface area (Å²) in [5.41, 5.74) is 12.9. The van der Waals surface area contributed by atoms with Gasteiger partial charge in [0, 0.05) is 66.9 Å². The van der Waals surface area contributed by atoms with Gasteiger partial charge in [-0.1, -0.05) is 153 Å². The largest absolute Gasteiger partial charge is 0.509 e. The Balaban J connectivity index is 0.00000640. The summed E-state index contributed by atoms with van der Waals surface area (Å²) in [4.78, 5) is 9.35. The standard InChI is InChI=1S/C61H57N4O.Pt/c1-40-30-58(62-38-53(40)41-18-12-11-13-19-41)65-54-25-15-14-24-51(54)52-28-27-50(37-56(52)65)66-49-23-17-22-47(36-49)63-39-64(48-34-45(60(5,6)7)33-46(35-48)61(8,9)10)57-32-43(26-29-55(57)63)42-20-16-21-44(31-42)59(2,3)4;/h11-35,38-39H,1-10H3;/q-3;/i11D,12D,13D,18D,19D;. The number of pyridine rings is 1. The summed E-state index contributed by atoms with van der Waals surface area (Å²) >= 11 is 0. The molecule has 340 valence electrons. The second-order valence-electron chi connectivity index (χ2n) is 20.5. The number of aryl methyl sites for hydroxylation is 1. The first-order valence-corrected chi connectivity index (χ1v) is 22.6. The molecule has 67 heavy (non-hydrogen) atoms. The molecule has 0 fully saturated rings. The Morgan fingerprint density at radius 3 is 1.99 bits per heavy atom. The molecule has 1 aliphatic rings. The van der Waals surface area contributed by atoms with Gasteiger partial charge < -0.3 is 19.1 Å². The van der Waals surface area contributed by atoms with Crippen molar-refractivity contribution in [2.75, 3.05) is 9.80 Å². The van der Waals surface area contributed by atoms with Crippen LogP contribution >= 0.6 is 0 Å². The van der Waals surface area contributed by atoms with E-state index in [2.05, 4.69) is 164 Å². The van der Waals surface area contributed by atoms with Crippen molar-refractivity contribution in [1.82, 2.24) is 9.55 Å². The number of anilines is 4. The van der Waals surface area contributed by atoms with Gasteiger partial charge in [-0.25, -0.2) is 4.98 Å². The zero-order chi connectivity index (χ0) is 50.5. The smallest absolute Gasteiger partial charge is 0.135 e. The summed E-state index contributed by atoms with van der Waals surface area (Å²) < 4.78 is 50.5. The van der Waals surface area contributed by atoms with E-state index in [0.29, 0.717) is 28.4 Å². The molecule has 0 radical (unpaired) electrons. The normalized spacial score (nSPS) is 14.0. The predicted octanol–water partition coefficient (Wildman–Crippen LogP) is 16.5. The van der Waals surface area contributed by atoms with Crippen LogP contribution in [0.15, 0.2) is 158 Å². The molecule has 1 aliphatic heterocycles. The molecular formula is C61H57N4OPt-3. The fourth-order valence-corrected chi connectivity index (χ4v) is 8.76. The number of nitrogens with zero attached hydrogens (tertiary/aromatic N) is 4.